The molecule has 7 nitrogen and oxygen atoms in total. The van der Waals surface area contributed by atoms with E-state index in [-0.39, 0.29) is 23.3 Å². The lowest BCUT2D eigenvalue weighted by Gasteiger charge is -2.12. The van der Waals surface area contributed by atoms with Gasteiger partial charge in [-0.3, -0.25) is 14.2 Å². The summed E-state index contributed by atoms with van der Waals surface area (Å²) in [4.78, 5) is 36.3. The first-order chi connectivity index (χ1) is 12.5. The molecule has 1 fully saturated rings. The Labute approximate surface area is 161 Å². The van der Waals surface area contributed by atoms with Crippen LogP contribution in [0.15, 0.2) is 9.95 Å². The van der Waals surface area contributed by atoms with Gasteiger partial charge in [0.15, 0.2) is 15.9 Å². The fraction of sp³-hybridized carbons (Fsp3) is 0.647. The number of nitrogens with one attached hydrogen (secondary N) is 1. The van der Waals surface area contributed by atoms with Crippen molar-refractivity contribution in [1.82, 2.24) is 19.9 Å². The number of hydrogen-bond donors (Lipinski definition) is 1. The van der Waals surface area contributed by atoms with Crippen LogP contribution in [0.2, 0.25) is 0 Å². The van der Waals surface area contributed by atoms with Gasteiger partial charge in [0.2, 0.25) is 5.91 Å². The molecule has 1 atom stereocenters. The molecule has 1 aliphatic rings. The SMILES string of the molecule is CC[C@@H](C)NC(=O)CSc1nc2nc(N3CCCC3)sc2c(=O)n1CC. The van der Waals surface area contributed by atoms with E-state index < -0.39 is 0 Å². The molecule has 0 aromatic carbocycles. The Hall–Kier alpha value is -1.61. The summed E-state index contributed by atoms with van der Waals surface area (Å²) in [5, 5.41) is 4.37. The minimum atomic E-state index is -0.0646. The monoisotopic (exact) mass is 395 g/mol. The van der Waals surface area contributed by atoms with Gasteiger partial charge >= 0.3 is 0 Å². The number of fused-ring (bicyclic) bond motifs is 1. The standard InChI is InChI=1S/C17H25N5O2S2/c1-4-11(3)18-12(23)10-25-17-20-14-13(15(24)22(17)5-2)26-16(19-14)21-8-6-7-9-21/h11H,4-10H2,1-3H3,(H,18,23)/t11-/m1/s1. The van der Waals surface area contributed by atoms with Crippen molar-refractivity contribution >= 4 is 44.5 Å². The van der Waals surface area contributed by atoms with Crippen LogP contribution in [-0.4, -0.2) is 45.3 Å². The van der Waals surface area contributed by atoms with Gasteiger partial charge in [-0.05, 0) is 33.1 Å². The lowest BCUT2D eigenvalue weighted by molar-refractivity contribution is -0.119. The first-order valence-electron chi connectivity index (χ1n) is 9.12. The van der Waals surface area contributed by atoms with E-state index >= 15 is 0 Å². The van der Waals surface area contributed by atoms with Gasteiger partial charge in [-0.25, -0.2) is 4.98 Å². The summed E-state index contributed by atoms with van der Waals surface area (Å²) >= 11 is 2.72. The molecule has 1 saturated heterocycles. The summed E-state index contributed by atoms with van der Waals surface area (Å²) in [7, 11) is 0. The van der Waals surface area contributed by atoms with Crippen molar-refractivity contribution in [3.8, 4) is 0 Å². The third-order valence-corrected chi connectivity index (χ3v) is 6.58. The van der Waals surface area contributed by atoms with Crippen LogP contribution in [0.3, 0.4) is 0 Å². The van der Waals surface area contributed by atoms with E-state index in [1.807, 2.05) is 20.8 Å². The molecule has 1 aliphatic heterocycles. The molecule has 26 heavy (non-hydrogen) atoms. The summed E-state index contributed by atoms with van der Waals surface area (Å²) in [6.45, 7) is 8.42. The number of rotatable bonds is 7. The number of thiazole rings is 1. The summed E-state index contributed by atoms with van der Waals surface area (Å²) < 4.78 is 2.23. The van der Waals surface area contributed by atoms with Crippen molar-refractivity contribution in [1.29, 1.82) is 0 Å². The highest BCUT2D eigenvalue weighted by Gasteiger charge is 2.20. The highest BCUT2D eigenvalue weighted by Crippen LogP contribution is 2.29. The average molecular weight is 396 g/mol. The number of thioether (sulfide) groups is 1. The fourth-order valence-electron chi connectivity index (χ4n) is 2.86. The first-order valence-corrected chi connectivity index (χ1v) is 10.9. The zero-order valence-corrected chi connectivity index (χ0v) is 17.1. The van der Waals surface area contributed by atoms with E-state index in [0.29, 0.717) is 22.0 Å². The van der Waals surface area contributed by atoms with E-state index in [1.165, 1.54) is 23.1 Å². The smallest absolute Gasteiger partial charge is 0.273 e. The molecule has 0 radical (unpaired) electrons. The molecule has 1 N–H and O–H groups in total. The Bertz CT molecular complexity index is 842. The Morgan fingerprint density at radius 1 is 1.31 bits per heavy atom. The Balaban J connectivity index is 1.85. The molecule has 3 heterocycles. The quantitative estimate of drug-likeness (QED) is 0.573. The second-order valence-corrected chi connectivity index (χ2v) is 8.37. The number of hydrogen-bond acceptors (Lipinski definition) is 7. The third-order valence-electron chi connectivity index (χ3n) is 4.51. The summed E-state index contributed by atoms with van der Waals surface area (Å²) in [5.41, 5.74) is 0.432. The molecule has 3 rings (SSSR count). The van der Waals surface area contributed by atoms with Crippen LogP contribution in [0.1, 0.15) is 40.0 Å². The molecule has 9 heteroatoms. The third kappa shape index (κ3) is 4.03. The average Bonchev–Trinajstić information content (AvgIpc) is 3.29. The molecule has 0 unspecified atom stereocenters. The second kappa shape index (κ2) is 8.39. The number of aromatic nitrogens is 3. The van der Waals surface area contributed by atoms with Crippen molar-refractivity contribution in [3.05, 3.63) is 10.4 Å². The number of carbonyl (C=O) groups is 1. The Morgan fingerprint density at radius 2 is 2.04 bits per heavy atom. The van der Waals surface area contributed by atoms with Crippen LogP contribution in [0.25, 0.3) is 10.3 Å². The van der Waals surface area contributed by atoms with Gasteiger partial charge in [-0.1, -0.05) is 30.0 Å². The maximum atomic E-state index is 12.8. The zero-order chi connectivity index (χ0) is 18.7. The van der Waals surface area contributed by atoms with Gasteiger partial charge in [0.05, 0.1) is 5.75 Å². The highest BCUT2D eigenvalue weighted by molar-refractivity contribution is 7.99. The van der Waals surface area contributed by atoms with E-state index in [9.17, 15) is 9.59 Å². The highest BCUT2D eigenvalue weighted by atomic mass is 32.2. The molecule has 2 aromatic heterocycles. The van der Waals surface area contributed by atoms with Gasteiger partial charge in [0, 0.05) is 25.7 Å². The minimum Gasteiger partial charge on any atom is -0.353 e. The molecule has 1 amide bonds. The summed E-state index contributed by atoms with van der Waals surface area (Å²) in [6, 6.07) is 0.147. The van der Waals surface area contributed by atoms with Gasteiger partial charge in [-0.2, -0.15) is 4.98 Å². The summed E-state index contributed by atoms with van der Waals surface area (Å²) in [5.74, 6) is 0.197. The topological polar surface area (TPSA) is 80.1 Å². The van der Waals surface area contributed by atoms with Gasteiger partial charge in [0.1, 0.15) is 4.70 Å². The Morgan fingerprint density at radius 3 is 2.69 bits per heavy atom. The number of nitrogens with zero attached hydrogens (tertiary/aromatic N) is 4. The zero-order valence-electron chi connectivity index (χ0n) is 15.4. The van der Waals surface area contributed by atoms with Crippen LogP contribution in [-0.2, 0) is 11.3 Å². The predicted molar refractivity (Wildman–Crippen MR) is 107 cm³/mol. The summed E-state index contributed by atoms with van der Waals surface area (Å²) in [6.07, 6.45) is 3.21. The maximum Gasteiger partial charge on any atom is 0.273 e. The van der Waals surface area contributed by atoms with Crippen LogP contribution in [0.5, 0.6) is 0 Å². The van der Waals surface area contributed by atoms with E-state index in [0.717, 1.165) is 37.5 Å². The Kier molecular flexibility index (Phi) is 6.18. The lowest BCUT2D eigenvalue weighted by Crippen LogP contribution is -2.33. The van der Waals surface area contributed by atoms with Crippen molar-refractivity contribution < 1.29 is 4.79 Å². The molecular weight excluding hydrogens is 370 g/mol. The molecule has 0 aliphatic carbocycles. The molecule has 142 valence electrons. The number of carbonyl (C=O) groups excluding carboxylic acids is 1. The first kappa shape index (κ1) is 19.2. The van der Waals surface area contributed by atoms with E-state index in [4.69, 9.17) is 0 Å². The number of anilines is 1. The molecule has 2 aromatic rings. The van der Waals surface area contributed by atoms with Crippen LogP contribution >= 0.6 is 23.1 Å². The van der Waals surface area contributed by atoms with Crippen molar-refractivity contribution in [2.24, 2.45) is 0 Å². The van der Waals surface area contributed by atoms with Crippen molar-refractivity contribution in [2.45, 2.75) is 57.8 Å². The normalized spacial score (nSPS) is 15.6. The maximum absolute atomic E-state index is 12.8. The molecule has 0 saturated carbocycles. The van der Waals surface area contributed by atoms with Crippen LogP contribution in [0, 0.1) is 0 Å². The van der Waals surface area contributed by atoms with Crippen molar-refractivity contribution in [2.75, 3.05) is 23.7 Å². The lowest BCUT2D eigenvalue weighted by atomic mass is 10.3. The number of amides is 1. The van der Waals surface area contributed by atoms with Crippen LogP contribution < -0.4 is 15.8 Å². The largest absolute Gasteiger partial charge is 0.353 e. The molecule has 0 bridgehead atoms. The van der Waals surface area contributed by atoms with E-state index in [1.54, 1.807) is 4.57 Å². The molecular formula is C17H25N5O2S2. The minimum absolute atomic E-state index is 0.0441. The van der Waals surface area contributed by atoms with Crippen LogP contribution in [0.4, 0.5) is 5.13 Å². The van der Waals surface area contributed by atoms with E-state index in [2.05, 4.69) is 20.2 Å². The second-order valence-electron chi connectivity index (χ2n) is 6.45. The fourth-order valence-corrected chi connectivity index (χ4v) is 4.73. The van der Waals surface area contributed by atoms with Gasteiger partial charge in [0.25, 0.3) is 5.56 Å². The van der Waals surface area contributed by atoms with Gasteiger partial charge in [-0.15, -0.1) is 0 Å². The van der Waals surface area contributed by atoms with Crippen molar-refractivity contribution in [3.63, 3.8) is 0 Å². The molecule has 0 spiro atoms. The predicted octanol–water partition coefficient (Wildman–Crippen LogP) is 2.48. The van der Waals surface area contributed by atoms with Gasteiger partial charge < -0.3 is 10.2 Å².